The summed E-state index contributed by atoms with van der Waals surface area (Å²) in [7, 11) is 0. The lowest BCUT2D eigenvalue weighted by Crippen LogP contribution is -2.17. The van der Waals surface area contributed by atoms with Gasteiger partial charge in [0, 0.05) is 5.56 Å². The molecule has 0 heterocycles. The first-order chi connectivity index (χ1) is 15.7. The van der Waals surface area contributed by atoms with E-state index in [1.54, 1.807) is 0 Å². The van der Waals surface area contributed by atoms with Gasteiger partial charge in [-0.05, 0) is 103 Å². The molecule has 32 heavy (non-hydrogen) atoms. The van der Waals surface area contributed by atoms with E-state index in [1.165, 1.54) is 40.3 Å². The number of fused-ring (bicyclic) bond motifs is 2. The smallest absolute Gasteiger partial charge is 0.306 e. The zero-order chi connectivity index (χ0) is 21.9. The Balaban J connectivity index is 1.57. The summed E-state index contributed by atoms with van der Waals surface area (Å²) in [6, 6.07) is 19.7. The number of aryl methyl sites for hydroxylation is 1. The van der Waals surface area contributed by atoms with Crippen molar-refractivity contribution < 1.29 is 14.3 Å². The second-order valence-corrected chi connectivity index (χ2v) is 9.23. The lowest BCUT2D eigenvalue weighted by molar-refractivity contribution is -0.143. The largest absolute Gasteiger partial charge is 0.490 e. The number of benzene rings is 3. The first kappa shape index (κ1) is 21.1. The summed E-state index contributed by atoms with van der Waals surface area (Å²) in [5, 5.41) is 2.48. The number of esters is 1. The maximum absolute atomic E-state index is 12.3. The molecule has 3 nitrogen and oxygen atoms in total. The molecule has 3 aromatic rings. The Morgan fingerprint density at radius 3 is 2.56 bits per heavy atom. The average Bonchev–Trinajstić information content (AvgIpc) is 3.32. The second kappa shape index (κ2) is 9.36. The van der Waals surface area contributed by atoms with Gasteiger partial charge in [0.05, 0.1) is 19.1 Å². The fraction of sp³-hybridized carbons (Fsp3) is 0.414. The summed E-state index contributed by atoms with van der Waals surface area (Å²) < 4.78 is 11.9. The van der Waals surface area contributed by atoms with Crippen molar-refractivity contribution in [1.82, 2.24) is 0 Å². The van der Waals surface area contributed by atoms with Gasteiger partial charge < -0.3 is 9.47 Å². The van der Waals surface area contributed by atoms with E-state index in [-0.39, 0.29) is 11.9 Å². The van der Waals surface area contributed by atoms with Crippen LogP contribution in [0.3, 0.4) is 0 Å². The van der Waals surface area contributed by atoms with E-state index in [1.807, 2.05) is 6.92 Å². The molecule has 0 amide bonds. The lowest BCUT2D eigenvalue weighted by atomic mass is 9.79. The molecular weight excluding hydrogens is 396 g/mol. The second-order valence-electron chi connectivity index (χ2n) is 9.23. The van der Waals surface area contributed by atoms with Gasteiger partial charge in [0.15, 0.2) is 0 Å². The highest BCUT2D eigenvalue weighted by Crippen LogP contribution is 2.43. The number of carbonyl (C=O) groups excluding carboxylic acids is 1. The first-order valence-corrected chi connectivity index (χ1v) is 12.2. The minimum absolute atomic E-state index is 0.0936. The minimum Gasteiger partial charge on any atom is -0.490 e. The van der Waals surface area contributed by atoms with E-state index in [0.717, 1.165) is 43.4 Å². The molecule has 2 aliphatic rings. The highest BCUT2D eigenvalue weighted by atomic mass is 16.5. The standard InChI is InChI=1S/C29H32O3/c1-2-31-29(30)18-23-11-7-10-22-17-28(32-25-12-5-6-13-25)27(19-26(22)23)24-15-14-20-8-3-4-9-21(20)16-24/h3-4,8-9,14-17,19,23,25H,2,5-7,10-13,18H2,1H3. The minimum atomic E-state index is -0.0936. The van der Waals surface area contributed by atoms with Crippen LogP contribution in [0, 0.1) is 0 Å². The van der Waals surface area contributed by atoms with Gasteiger partial charge >= 0.3 is 5.97 Å². The monoisotopic (exact) mass is 428 g/mol. The molecule has 3 heteroatoms. The number of carbonyl (C=O) groups is 1. The molecule has 0 aromatic heterocycles. The average molecular weight is 429 g/mol. The quantitative estimate of drug-likeness (QED) is 0.389. The number of hydrogen-bond donors (Lipinski definition) is 0. The van der Waals surface area contributed by atoms with Gasteiger partial charge in [0.25, 0.3) is 0 Å². The molecule has 1 atom stereocenters. The van der Waals surface area contributed by atoms with E-state index < -0.39 is 0 Å². The molecule has 3 aromatic carbocycles. The summed E-state index contributed by atoms with van der Waals surface area (Å²) in [5.74, 6) is 1.13. The van der Waals surface area contributed by atoms with Gasteiger partial charge in [-0.15, -0.1) is 0 Å². The van der Waals surface area contributed by atoms with Gasteiger partial charge in [-0.1, -0.05) is 36.4 Å². The van der Waals surface area contributed by atoms with Crippen molar-refractivity contribution in [2.75, 3.05) is 6.61 Å². The number of hydrogen-bond acceptors (Lipinski definition) is 3. The molecule has 0 aliphatic heterocycles. The molecule has 0 bridgehead atoms. The van der Waals surface area contributed by atoms with Gasteiger partial charge in [0.1, 0.15) is 5.75 Å². The predicted octanol–water partition coefficient (Wildman–Crippen LogP) is 7.20. The Kier molecular flexibility index (Phi) is 6.16. The maximum atomic E-state index is 12.3. The van der Waals surface area contributed by atoms with Gasteiger partial charge in [-0.3, -0.25) is 4.79 Å². The molecular formula is C29H32O3. The van der Waals surface area contributed by atoms with Crippen molar-refractivity contribution in [2.24, 2.45) is 0 Å². The first-order valence-electron chi connectivity index (χ1n) is 12.2. The highest BCUT2D eigenvalue weighted by Gasteiger charge is 2.27. The summed E-state index contributed by atoms with van der Waals surface area (Å²) in [6.45, 7) is 2.31. The Morgan fingerprint density at radius 2 is 1.75 bits per heavy atom. The summed E-state index contributed by atoms with van der Waals surface area (Å²) in [5.41, 5.74) is 4.96. The van der Waals surface area contributed by atoms with Gasteiger partial charge in [0.2, 0.25) is 0 Å². The van der Waals surface area contributed by atoms with Crippen LogP contribution >= 0.6 is 0 Å². The van der Waals surface area contributed by atoms with Crippen LogP contribution in [0.15, 0.2) is 54.6 Å². The third-order valence-corrected chi connectivity index (χ3v) is 7.05. The zero-order valence-electron chi connectivity index (χ0n) is 18.9. The summed E-state index contributed by atoms with van der Waals surface area (Å²) in [6.07, 6.45) is 8.74. The Hall–Kier alpha value is -2.81. The normalized spacial score (nSPS) is 18.5. The fourth-order valence-electron chi connectivity index (χ4n) is 5.43. The third-order valence-electron chi connectivity index (χ3n) is 7.05. The molecule has 0 saturated heterocycles. The Morgan fingerprint density at radius 1 is 0.938 bits per heavy atom. The van der Waals surface area contributed by atoms with Crippen LogP contribution in [0.1, 0.15) is 68.9 Å². The van der Waals surface area contributed by atoms with E-state index in [9.17, 15) is 4.79 Å². The molecule has 1 saturated carbocycles. The Bertz CT molecular complexity index is 1110. The molecule has 2 aliphatic carbocycles. The summed E-state index contributed by atoms with van der Waals surface area (Å²) in [4.78, 5) is 12.3. The molecule has 5 rings (SSSR count). The van der Waals surface area contributed by atoms with Crippen molar-refractivity contribution in [3.05, 3.63) is 65.7 Å². The SMILES string of the molecule is CCOC(=O)CC1CCCc2cc(OC3CCCC3)c(-c3ccc4ccccc4c3)cc21. The number of rotatable bonds is 6. The van der Waals surface area contributed by atoms with Crippen LogP contribution in [0.25, 0.3) is 21.9 Å². The van der Waals surface area contributed by atoms with Crippen LogP contribution in [0.5, 0.6) is 5.75 Å². The molecule has 166 valence electrons. The van der Waals surface area contributed by atoms with E-state index in [4.69, 9.17) is 9.47 Å². The van der Waals surface area contributed by atoms with Crippen LogP contribution in [-0.4, -0.2) is 18.7 Å². The van der Waals surface area contributed by atoms with E-state index in [0.29, 0.717) is 19.1 Å². The maximum Gasteiger partial charge on any atom is 0.306 e. The van der Waals surface area contributed by atoms with Crippen molar-refractivity contribution >= 4 is 16.7 Å². The van der Waals surface area contributed by atoms with Crippen molar-refractivity contribution in [3.63, 3.8) is 0 Å². The van der Waals surface area contributed by atoms with Gasteiger partial charge in [-0.2, -0.15) is 0 Å². The molecule has 1 unspecified atom stereocenters. The predicted molar refractivity (Wildman–Crippen MR) is 129 cm³/mol. The number of ether oxygens (including phenoxy) is 2. The zero-order valence-corrected chi connectivity index (χ0v) is 18.9. The molecule has 0 radical (unpaired) electrons. The van der Waals surface area contributed by atoms with Crippen LogP contribution in [-0.2, 0) is 16.0 Å². The van der Waals surface area contributed by atoms with Crippen molar-refractivity contribution in [1.29, 1.82) is 0 Å². The van der Waals surface area contributed by atoms with E-state index >= 15 is 0 Å². The lowest BCUT2D eigenvalue weighted by Gasteiger charge is -2.28. The van der Waals surface area contributed by atoms with Crippen LogP contribution in [0.4, 0.5) is 0 Å². The Labute approximate surface area is 190 Å². The van der Waals surface area contributed by atoms with Crippen LogP contribution < -0.4 is 4.74 Å². The topological polar surface area (TPSA) is 35.5 Å². The third kappa shape index (κ3) is 4.39. The van der Waals surface area contributed by atoms with Gasteiger partial charge in [-0.25, -0.2) is 0 Å². The van der Waals surface area contributed by atoms with E-state index in [2.05, 4.69) is 54.6 Å². The molecule has 0 spiro atoms. The fourth-order valence-corrected chi connectivity index (χ4v) is 5.43. The molecule has 0 N–H and O–H groups in total. The molecule has 1 fully saturated rings. The van der Waals surface area contributed by atoms with Crippen molar-refractivity contribution in [2.45, 2.75) is 70.3 Å². The highest BCUT2D eigenvalue weighted by molar-refractivity contribution is 5.88. The van der Waals surface area contributed by atoms with Crippen LogP contribution in [0.2, 0.25) is 0 Å². The van der Waals surface area contributed by atoms with Crippen molar-refractivity contribution in [3.8, 4) is 16.9 Å². The summed E-state index contributed by atoms with van der Waals surface area (Å²) >= 11 is 0.